The molecule has 1 aliphatic heterocycles. The van der Waals surface area contributed by atoms with Gasteiger partial charge in [0.15, 0.2) is 5.13 Å². The van der Waals surface area contributed by atoms with Crippen LogP contribution < -0.4 is 10.2 Å². The predicted molar refractivity (Wildman–Crippen MR) is 90.4 cm³/mol. The van der Waals surface area contributed by atoms with E-state index in [2.05, 4.69) is 24.1 Å². The van der Waals surface area contributed by atoms with Crippen LogP contribution in [0.15, 0.2) is 0 Å². The van der Waals surface area contributed by atoms with Crippen LogP contribution in [0.4, 0.5) is 5.13 Å². The molecule has 1 unspecified atom stereocenters. The van der Waals surface area contributed by atoms with E-state index in [-0.39, 0.29) is 0 Å². The quantitative estimate of drug-likeness (QED) is 0.839. The predicted octanol–water partition coefficient (Wildman–Crippen LogP) is 3.24. The molecule has 0 spiro atoms. The molecule has 1 N–H and O–H groups in total. The lowest BCUT2D eigenvalue weighted by molar-refractivity contribution is 0.139. The molecule has 1 aromatic heterocycles. The number of ether oxygens (including phenoxy) is 1. The Labute approximate surface area is 132 Å². The number of methoxy groups -OCH3 is 1. The molecule has 0 radical (unpaired) electrons. The van der Waals surface area contributed by atoms with Crippen molar-refractivity contribution in [3.8, 4) is 0 Å². The minimum absolute atomic E-state index is 0.546. The van der Waals surface area contributed by atoms with Gasteiger partial charge < -0.3 is 15.0 Å². The minimum atomic E-state index is 0.546. The molecule has 1 saturated heterocycles. The second-order valence-electron chi connectivity index (χ2n) is 6.03. The molecule has 4 nitrogen and oxygen atoms in total. The van der Waals surface area contributed by atoms with Crippen LogP contribution in [0.2, 0.25) is 0 Å². The topological polar surface area (TPSA) is 37.4 Å². The number of nitrogens with one attached hydrogen (secondary N) is 1. The number of anilines is 1. The second kappa shape index (κ2) is 8.11. The van der Waals surface area contributed by atoms with E-state index in [9.17, 15) is 0 Å². The van der Waals surface area contributed by atoms with Crippen molar-refractivity contribution >= 4 is 16.5 Å². The Kier molecular flexibility index (Phi) is 6.45. The first-order valence-corrected chi connectivity index (χ1v) is 8.89. The molecule has 2 heterocycles. The highest BCUT2D eigenvalue weighted by Gasteiger charge is 2.23. The van der Waals surface area contributed by atoms with Crippen LogP contribution in [0.3, 0.4) is 0 Å². The first kappa shape index (κ1) is 16.7. The molecule has 1 aliphatic rings. The third-order valence-electron chi connectivity index (χ3n) is 4.42. The van der Waals surface area contributed by atoms with Gasteiger partial charge in [-0.05, 0) is 38.1 Å². The van der Waals surface area contributed by atoms with Gasteiger partial charge in [0, 0.05) is 38.2 Å². The van der Waals surface area contributed by atoms with Crippen LogP contribution in [0, 0.1) is 5.92 Å². The Balaban J connectivity index is 2.06. The van der Waals surface area contributed by atoms with Crippen molar-refractivity contribution < 1.29 is 4.74 Å². The summed E-state index contributed by atoms with van der Waals surface area (Å²) in [4.78, 5) is 8.83. The summed E-state index contributed by atoms with van der Waals surface area (Å²) in [6.45, 7) is 8.57. The molecule has 5 heteroatoms. The molecule has 1 fully saturated rings. The third-order valence-corrected chi connectivity index (χ3v) is 5.55. The SMILES string of the molecule is CCC(C)c1nc(N2CCC(COC)CC2)sc1CNC. The monoisotopic (exact) mass is 311 g/mol. The molecule has 0 saturated carbocycles. The molecule has 1 aromatic rings. The maximum atomic E-state index is 5.28. The van der Waals surface area contributed by atoms with Crippen LogP contribution in [0.5, 0.6) is 0 Å². The van der Waals surface area contributed by atoms with Crippen LogP contribution in [-0.4, -0.2) is 38.8 Å². The van der Waals surface area contributed by atoms with Gasteiger partial charge in [-0.15, -0.1) is 11.3 Å². The Morgan fingerprint density at radius 3 is 2.71 bits per heavy atom. The van der Waals surface area contributed by atoms with Crippen LogP contribution >= 0.6 is 11.3 Å². The van der Waals surface area contributed by atoms with Gasteiger partial charge in [-0.1, -0.05) is 13.8 Å². The number of hydrogen-bond donors (Lipinski definition) is 1. The molecular weight excluding hydrogens is 282 g/mol. The van der Waals surface area contributed by atoms with Gasteiger partial charge in [0.25, 0.3) is 0 Å². The van der Waals surface area contributed by atoms with E-state index in [1.165, 1.54) is 28.5 Å². The van der Waals surface area contributed by atoms with Crippen molar-refractivity contribution in [2.45, 2.75) is 45.6 Å². The molecule has 120 valence electrons. The fraction of sp³-hybridized carbons (Fsp3) is 0.812. The maximum Gasteiger partial charge on any atom is 0.185 e. The molecule has 0 aliphatic carbocycles. The highest BCUT2D eigenvalue weighted by atomic mass is 32.1. The highest BCUT2D eigenvalue weighted by Crippen LogP contribution is 2.34. The fourth-order valence-electron chi connectivity index (χ4n) is 2.88. The first-order valence-electron chi connectivity index (χ1n) is 8.07. The van der Waals surface area contributed by atoms with Gasteiger partial charge in [-0.2, -0.15) is 0 Å². The van der Waals surface area contributed by atoms with Gasteiger partial charge in [0.2, 0.25) is 0 Å². The van der Waals surface area contributed by atoms with Crippen molar-refractivity contribution in [3.63, 3.8) is 0 Å². The number of thiazole rings is 1. The summed E-state index contributed by atoms with van der Waals surface area (Å²) in [5.41, 5.74) is 1.30. The second-order valence-corrected chi connectivity index (χ2v) is 7.09. The van der Waals surface area contributed by atoms with Gasteiger partial charge in [-0.3, -0.25) is 0 Å². The standard InChI is InChI=1S/C16H29N3OS/c1-5-12(2)15-14(10-17-3)21-16(18-15)19-8-6-13(7-9-19)11-20-4/h12-13,17H,5-11H2,1-4H3. The van der Waals surface area contributed by atoms with Gasteiger partial charge in [0.05, 0.1) is 5.69 Å². The summed E-state index contributed by atoms with van der Waals surface area (Å²) in [5.74, 6) is 1.27. The lowest BCUT2D eigenvalue weighted by Crippen LogP contribution is -2.34. The summed E-state index contributed by atoms with van der Waals surface area (Å²) in [6.07, 6.45) is 3.58. The van der Waals surface area contributed by atoms with E-state index in [4.69, 9.17) is 9.72 Å². The highest BCUT2D eigenvalue weighted by molar-refractivity contribution is 7.15. The van der Waals surface area contributed by atoms with Gasteiger partial charge >= 0.3 is 0 Å². The smallest absolute Gasteiger partial charge is 0.185 e. The Bertz CT molecular complexity index is 427. The summed E-state index contributed by atoms with van der Waals surface area (Å²) in [7, 11) is 3.81. The number of piperidine rings is 1. The lowest BCUT2D eigenvalue weighted by Gasteiger charge is -2.31. The van der Waals surface area contributed by atoms with Crippen molar-refractivity contribution in [2.75, 3.05) is 38.8 Å². The largest absolute Gasteiger partial charge is 0.384 e. The normalized spacial score (nSPS) is 18.2. The number of aromatic nitrogens is 1. The lowest BCUT2D eigenvalue weighted by atomic mass is 9.98. The number of nitrogens with zero attached hydrogens (tertiary/aromatic N) is 2. The van der Waals surface area contributed by atoms with Gasteiger partial charge in [-0.25, -0.2) is 4.98 Å². The Hall–Kier alpha value is -0.650. The Morgan fingerprint density at radius 1 is 1.43 bits per heavy atom. The molecule has 0 aromatic carbocycles. The van der Waals surface area contributed by atoms with E-state index in [1.807, 2.05) is 18.4 Å². The number of rotatable bonds is 7. The average Bonchev–Trinajstić information content (AvgIpc) is 2.92. The molecule has 21 heavy (non-hydrogen) atoms. The van der Waals surface area contributed by atoms with Crippen molar-refractivity contribution in [2.24, 2.45) is 5.92 Å². The molecule has 2 rings (SSSR count). The van der Waals surface area contributed by atoms with Crippen molar-refractivity contribution in [3.05, 3.63) is 10.6 Å². The molecular formula is C16H29N3OS. The molecule has 1 atom stereocenters. The zero-order valence-corrected chi connectivity index (χ0v) is 14.6. The van der Waals surface area contributed by atoms with E-state index in [1.54, 1.807) is 7.11 Å². The summed E-state index contributed by atoms with van der Waals surface area (Å²) in [6, 6.07) is 0. The van der Waals surface area contributed by atoms with Crippen LogP contribution in [0.25, 0.3) is 0 Å². The zero-order chi connectivity index (χ0) is 15.2. The van der Waals surface area contributed by atoms with E-state index in [0.717, 1.165) is 38.6 Å². The van der Waals surface area contributed by atoms with Crippen LogP contribution in [0.1, 0.15) is 49.6 Å². The zero-order valence-electron chi connectivity index (χ0n) is 13.8. The first-order chi connectivity index (χ1) is 10.2. The molecule has 0 amide bonds. The van der Waals surface area contributed by atoms with Crippen molar-refractivity contribution in [1.29, 1.82) is 0 Å². The number of hydrogen-bond acceptors (Lipinski definition) is 5. The summed E-state index contributed by atoms with van der Waals surface area (Å²) in [5, 5.41) is 4.49. The van der Waals surface area contributed by atoms with E-state index >= 15 is 0 Å². The maximum absolute atomic E-state index is 5.28. The van der Waals surface area contributed by atoms with E-state index < -0.39 is 0 Å². The summed E-state index contributed by atoms with van der Waals surface area (Å²) < 4.78 is 5.28. The van der Waals surface area contributed by atoms with E-state index in [0.29, 0.717) is 5.92 Å². The van der Waals surface area contributed by atoms with Crippen molar-refractivity contribution in [1.82, 2.24) is 10.3 Å². The molecule has 0 bridgehead atoms. The fourth-order valence-corrected chi connectivity index (χ4v) is 4.12. The summed E-state index contributed by atoms with van der Waals surface area (Å²) >= 11 is 1.87. The minimum Gasteiger partial charge on any atom is -0.384 e. The third kappa shape index (κ3) is 4.18. The average molecular weight is 311 g/mol. The Morgan fingerprint density at radius 2 is 2.14 bits per heavy atom. The van der Waals surface area contributed by atoms with Gasteiger partial charge in [0.1, 0.15) is 0 Å². The van der Waals surface area contributed by atoms with Crippen LogP contribution in [-0.2, 0) is 11.3 Å².